The molecule has 0 saturated carbocycles. The van der Waals surface area contributed by atoms with Gasteiger partial charge in [0.05, 0.1) is 12.0 Å². The Bertz CT molecular complexity index is 312. The Balaban J connectivity index is 2.65. The first kappa shape index (κ1) is 10.3. The molecule has 0 amide bonds. The van der Waals surface area contributed by atoms with Crippen molar-refractivity contribution in [2.75, 3.05) is 12.0 Å². The number of hydrogen-bond donors (Lipinski definition) is 2. The maximum Gasteiger partial charge on any atom is 0.250 e. The van der Waals surface area contributed by atoms with Gasteiger partial charge in [-0.15, -0.1) is 0 Å². The van der Waals surface area contributed by atoms with Crippen molar-refractivity contribution in [2.24, 2.45) is 5.73 Å². The predicted molar refractivity (Wildman–Crippen MR) is 54.8 cm³/mol. The largest absolute Gasteiger partial charge is 0.323 e. The van der Waals surface area contributed by atoms with Gasteiger partial charge in [-0.3, -0.25) is 4.79 Å². The second-order valence-electron chi connectivity index (χ2n) is 2.72. The predicted octanol–water partition coefficient (Wildman–Crippen LogP) is 0.523. The number of rotatable bonds is 4. The van der Waals surface area contributed by atoms with E-state index in [-0.39, 0.29) is 11.6 Å². The molecule has 0 aromatic carbocycles. The summed E-state index contributed by atoms with van der Waals surface area (Å²) in [6.45, 7) is 0. The highest BCUT2D eigenvalue weighted by Crippen LogP contribution is 2.11. The minimum atomic E-state index is -0.149. The van der Waals surface area contributed by atoms with Crippen molar-refractivity contribution < 1.29 is 0 Å². The first-order valence-electron chi connectivity index (χ1n) is 4.03. The van der Waals surface area contributed by atoms with Crippen LogP contribution in [0.3, 0.4) is 0 Å². The summed E-state index contributed by atoms with van der Waals surface area (Å²) in [6.07, 6.45) is 4.26. The van der Waals surface area contributed by atoms with Crippen LogP contribution in [0.2, 0.25) is 0 Å². The van der Waals surface area contributed by atoms with Gasteiger partial charge >= 0.3 is 0 Å². The third-order valence-electron chi connectivity index (χ3n) is 1.71. The summed E-state index contributed by atoms with van der Waals surface area (Å²) in [5.41, 5.74) is 6.34. The maximum absolute atomic E-state index is 10.9. The molecule has 0 unspecified atom stereocenters. The lowest BCUT2D eigenvalue weighted by Crippen LogP contribution is -2.16. The molecule has 1 heterocycles. The van der Waals surface area contributed by atoms with Crippen molar-refractivity contribution in [3.05, 3.63) is 28.4 Å². The Morgan fingerprint density at radius 2 is 2.54 bits per heavy atom. The van der Waals surface area contributed by atoms with Gasteiger partial charge in [-0.2, -0.15) is 11.8 Å². The quantitative estimate of drug-likeness (QED) is 0.741. The molecule has 4 nitrogen and oxygen atoms in total. The zero-order chi connectivity index (χ0) is 9.68. The molecule has 1 aromatic rings. The second-order valence-corrected chi connectivity index (χ2v) is 3.71. The van der Waals surface area contributed by atoms with Crippen LogP contribution in [-0.4, -0.2) is 22.0 Å². The van der Waals surface area contributed by atoms with Crippen molar-refractivity contribution >= 4 is 11.8 Å². The van der Waals surface area contributed by atoms with Crippen molar-refractivity contribution in [1.29, 1.82) is 0 Å². The highest BCUT2D eigenvalue weighted by Gasteiger charge is 2.06. The molecule has 3 N–H and O–H groups in total. The Morgan fingerprint density at radius 3 is 3.15 bits per heavy atom. The van der Waals surface area contributed by atoms with Crippen molar-refractivity contribution in [2.45, 2.75) is 12.5 Å². The topological polar surface area (TPSA) is 71.8 Å². The molecule has 0 aliphatic carbocycles. The van der Waals surface area contributed by atoms with Crippen LogP contribution >= 0.6 is 11.8 Å². The van der Waals surface area contributed by atoms with Crippen LogP contribution in [0.25, 0.3) is 0 Å². The maximum atomic E-state index is 10.9. The highest BCUT2D eigenvalue weighted by atomic mass is 32.2. The van der Waals surface area contributed by atoms with E-state index in [9.17, 15) is 4.79 Å². The van der Waals surface area contributed by atoms with Crippen molar-refractivity contribution in [3.8, 4) is 0 Å². The van der Waals surface area contributed by atoms with Crippen LogP contribution in [0.5, 0.6) is 0 Å². The van der Waals surface area contributed by atoms with Crippen molar-refractivity contribution in [3.63, 3.8) is 0 Å². The standard InChI is InChI=1S/C8H13N3OS/c1-13-3-2-6(9)7-4-8(12)11-5-10-7/h4-6H,2-3,9H2,1H3,(H,10,11,12)/t6-/m0/s1. The summed E-state index contributed by atoms with van der Waals surface area (Å²) in [6, 6.07) is 1.32. The number of nitrogens with one attached hydrogen (secondary N) is 1. The summed E-state index contributed by atoms with van der Waals surface area (Å²) in [7, 11) is 0. The molecule has 0 aliphatic heterocycles. The van der Waals surface area contributed by atoms with E-state index < -0.39 is 0 Å². The van der Waals surface area contributed by atoms with E-state index >= 15 is 0 Å². The van der Waals surface area contributed by atoms with Gasteiger partial charge in [0, 0.05) is 12.1 Å². The van der Waals surface area contributed by atoms with Gasteiger partial charge in [-0.05, 0) is 18.4 Å². The fourth-order valence-electron chi connectivity index (χ4n) is 0.979. The first-order valence-corrected chi connectivity index (χ1v) is 5.42. The third-order valence-corrected chi connectivity index (χ3v) is 2.36. The lowest BCUT2D eigenvalue weighted by molar-refractivity contribution is 0.676. The van der Waals surface area contributed by atoms with Crippen LogP contribution in [0.4, 0.5) is 0 Å². The molecule has 0 bridgehead atoms. The molecule has 0 radical (unpaired) electrons. The van der Waals surface area contributed by atoms with E-state index in [1.54, 1.807) is 11.8 Å². The van der Waals surface area contributed by atoms with Crippen LogP contribution in [0.1, 0.15) is 18.2 Å². The number of H-pyrrole nitrogens is 1. The van der Waals surface area contributed by atoms with E-state index in [0.717, 1.165) is 12.2 Å². The van der Waals surface area contributed by atoms with Crippen LogP contribution in [-0.2, 0) is 0 Å². The average molecular weight is 199 g/mol. The monoisotopic (exact) mass is 199 g/mol. The van der Waals surface area contributed by atoms with Gasteiger partial charge in [-0.1, -0.05) is 0 Å². The number of nitrogens with zero attached hydrogens (tertiary/aromatic N) is 1. The summed E-state index contributed by atoms with van der Waals surface area (Å²) in [5.74, 6) is 0.982. The van der Waals surface area contributed by atoms with Gasteiger partial charge in [0.2, 0.25) is 0 Å². The molecule has 0 spiro atoms. The normalized spacial score (nSPS) is 12.8. The van der Waals surface area contributed by atoms with E-state index in [1.807, 2.05) is 6.26 Å². The third kappa shape index (κ3) is 3.20. The van der Waals surface area contributed by atoms with Crippen LogP contribution in [0.15, 0.2) is 17.2 Å². The zero-order valence-electron chi connectivity index (χ0n) is 7.49. The molecule has 0 fully saturated rings. The fraction of sp³-hybridized carbons (Fsp3) is 0.500. The lowest BCUT2D eigenvalue weighted by atomic mass is 10.2. The molecule has 0 aliphatic rings. The minimum absolute atomic E-state index is 0.130. The van der Waals surface area contributed by atoms with E-state index in [4.69, 9.17) is 5.73 Å². The molecule has 13 heavy (non-hydrogen) atoms. The first-order chi connectivity index (χ1) is 6.24. The molecule has 5 heteroatoms. The van der Waals surface area contributed by atoms with Gasteiger partial charge in [0.1, 0.15) is 0 Å². The molecule has 1 rings (SSSR count). The molecule has 1 atom stereocenters. The summed E-state index contributed by atoms with van der Waals surface area (Å²) in [5, 5.41) is 0. The molecule has 0 saturated heterocycles. The zero-order valence-corrected chi connectivity index (χ0v) is 8.30. The number of hydrogen-bond acceptors (Lipinski definition) is 4. The summed E-state index contributed by atoms with van der Waals surface area (Å²) < 4.78 is 0. The van der Waals surface area contributed by atoms with E-state index in [0.29, 0.717) is 5.69 Å². The van der Waals surface area contributed by atoms with Gasteiger partial charge in [0.15, 0.2) is 0 Å². The fourth-order valence-corrected chi connectivity index (χ4v) is 1.47. The smallest absolute Gasteiger partial charge is 0.250 e. The Labute approximate surface area is 81.0 Å². The Kier molecular flexibility index (Phi) is 3.98. The van der Waals surface area contributed by atoms with Crippen LogP contribution < -0.4 is 11.3 Å². The molecular weight excluding hydrogens is 186 g/mol. The van der Waals surface area contributed by atoms with Crippen LogP contribution in [0, 0.1) is 0 Å². The lowest BCUT2D eigenvalue weighted by Gasteiger charge is -2.08. The number of nitrogens with two attached hydrogens (primary N) is 1. The summed E-state index contributed by atoms with van der Waals surface area (Å²) >= 11 is 1.74. The molecular formula is C8H13N3OS. The summed E-state index contributed by atoms with van der Waals surface area (Å²) in [4.78, 5) is 17.4. The van der Waals surface area contributed by atoms with Gasteiger partial charge < -0.3 is 10.7 Å². The van der Waals surface area contributed by atoms with E-state index in [2.05, 4.69) is 9.97 Å². The molecule has 72 valence electrons. The SMILES string of the molecule is CSCC[C@H](N)c1cc(=O)[nH]cn1. The average Bonchev–Trinajstić information content (AvgIpc) is 2.14. The number of thioether (sulfide) groups is 1. The minimum Gasteiger partial charge on any atom is -0.323 e. The van der Waals surface area contributed by atoms with Gasteiger partial charge in [0.25, 0.3) is 5.56 Å². The van der Waals surface area contributed by atoms with E-state index in [1.165, 1.54) is 12.4 Å². The van der Waals surface area contributed by atoms with Gasteiger partial charge in [-0.25, -0.2) is 4.98 Å². The Morgan fingerprint density at radius 1 is 1.77 bits per heavy atom. The number of aromatic nitrogens is 2. The molecule has 1 aromatic heterocycles. The number of aromatic amines is 1. The Hall–Kier alpha value is -0.810. The highest BCUT2D eigenvalue weighted by molar-refractivity contribution is 7.98. The van der Waals surface area contributed by atoms with Crippen molar-refractivity contribution in [1.82, 2.24) is 9.97 Å². The second kappa shape index (κ2) is 5.04.